The second-order valence-electron chi connectivity index (χ2n) is 6.52. The number of likely N-dealkylation sites (N-methyl/N-ethyl adjacent to an activating group) is 1. The number of rotatable bonds is 6. The Morgan fingerprint density at radius 3 is 2.65 bits per heavy atom. The highest BCUT2D eigenvalue weighted by Crippen LogP contribution is 2.38. The molecule has 1 unspecified atom stereocenters. The van der Waals surface area contributed by atoms with Crippen LogP contribution >= 0.6 is 11.3 Å². The SMILES string of the molecule is CC1CCC(C(CCc2cccs2)NN)(N(C)C)CC1. The van der Waals surface area contributed by atoms with Crippen LogP contribution in [0.4, 0.5) is 0 Å². The van der Waals surface area contributed by atoms with Gasteiger partial charge in [0.2, 0.25) is 0 Å². The molecule has 1 atom stereocenters. The molecule has 0 radical (unpaired) electrons. The minimum Gasteiger partial charge on any atom is -0.302 e. The minimum atomic E-state index is 0.221. The number of thiophene rings is 1. The summed E-state index contributed by atoms with van der Waals surface area (Å²) in [6, 6.07) is 4.73. The average molecular weight is 295 g/mol. The van der Waals surface area contributed by atoms with Crippen molar-refractivity contribution in [2.24, 2.45) is 11.8 Å². The summed E-state index contributed by atoms with van der Waals surface area (Å²) in [7, 11) is 4.43. The molecule has 0 amide bonds. The molecule has 1 heterocycles. The molecule has 0 aromatic carbocycles. The first kappa shape index (κ1) is 16.0. The van der Waals surface area contributed by atoms with E-state index in [1.807, 2.05) is 11.3 Å². The first-order valence-corrected chi connectivity index (χ1v) is 8.62. The maximum atomic E-state index is 5.93. The third-order valence-electron chi connectivity index (χ3n) is 5.14. The predicted octanol–water partition coefficient (Wildman–Crippen LogP) is 3.02. The lowest BCUT2D eigenvalue weighted by Crippen LogP contribution is -2.62. The fraction of sp³-hybridized carbons (Fsp3) is 0.750. The van der Waals surface area contributed by atoms with Crippen LogP contribution in [0.5, 0.6) is 0 Å². The third kappa shape index (κ3) is 3.42. The van der Waals surface area contributed by atoms with Crippen LogP contribution in [-0.2, 0) is 6.42 Å². The summed E-state index contributed by atoms with van der Waals surface area (Å²) in [6.07, 6.45) is 7.37. The summed E-state index contributed by atoms with van der Waals surface area (Å²) in [6.45, 7) is 2.37. The van der Waals surface area contributed by atoms with Gasteiger partial charge >= 0.3 is 0 Å². The zero-order valence-electron chi connectivity index (χ0n) is 13.1. The molecule has 2 rings (SSSR count). The monoisotopic (exact) mass is 295 g/mol. The number of hydrogen-bond acceptors (Lipinski definition) is 4. The first-order valence-electron chi connectivity index (χ1n) is 7.74. The molecule has 1 aliphatic carbocycles. The molecular weight excluding hydrogens is 266 g/mol. The number of aryl methyl sites for hydroxylation is 1. The van der Waals surface area contributed by atoms with Crippen LogP contribution in [0.25, 0.3) is 0 Å². The van der Waals surface area contributed by atoms with Crippen LogP contribution in [0.2, 0.25) is 0 Å². The number of nitrogens with two attached hydrogens (primary N) is 1. The zero-order valence-corrected chi connectivity index (χ0v) is 13.9. The van der Waals surface area contributed by atoms with Gasteiger partial charge < -0.3 is 4.90 Å². The van der Waals surface area contributed by atoms with Gasteiger partial charge in [0.25, 0.3) is 0 Å². The molecule has 1 saturated carbocycles. The maximum absolute atomic E-state index is 5.93. The van der Waals surface area contributed by atoms with Crippen molar-refractivity contribution in [2.45, 2.75) is 57.0 Å². The lowest BCUT2D eigenvalue weighted by Gasteiger charge is -2.49. The molecule has 1 fully saturated rings. The number of hydrazine groups is 1. The molecule has 0 bridgehead atoms. The fourth-order valence-corrected chi connectivity index (χ4v) is 4.34. The Hall–Kier alpha value is -0.420. The largest absolute Gasteiger partial charge is 0.302 e. The molecule has 0 saturated heterocycles. The summed E-state index contributed by atoms with van der Waals surface area (Å²) in [5, 5.41) is 2.16. The predicted molar refractivity (Wildman–Crippen MR) is 87.8 cm³/mol. The van der Waals surface area contributed by atoms with Crippen molar-refractivity contribution in [3.05, 3.63) is 22.4 Å². The summed E-state index contributed by atoms with van der Waals surface area (Å²) in [5.74, 6) is 6.79. The van der Waals surface area contributed by atoms with Gasteiger partial charge in [-0.3, -0.25) is 11.3 Å². The van der Waals surface area contributed by atoms with Gasteiger partial charge in [-0.05, 0) is 70.0 Å². The molecular formula is C16H29N3S. The van der Waals surface area contributed by atoms with E-state index in [2.05, 4.69) is 48.9 Å². The van der Waals surface area contributed by atoms with Gasteiger partial charge in [0, 0.05) is 16.5 Å². The Bertz CT molecular complexity index is 380. The van der Waals surface area contributed by atoms with Crippen molar-refractivity contribution in [3.8, 4) is 0 Å². The van der Waals surface area contributed by atoms with Gasteiger partial charge in [-0.1, -0.05) is 13.0 Å². The third-order valence-corrected chi connectivity index (χ3v) is 6.08. The van der Waals surface area contributed by atoms with Crippen molar-refractivity contribution in [1.29, 1.82) is 0 Å². The zero-order chi connectivity index (χ0) is 14.6. The average Bonchev–Trinajstić information content (AvgIpc) is 2.94. The Morgan fingerprint density at radius 1 is 1.45 bits per heavy atom. The van der Waals surface area contributed by atoms with Crippen LogP contribution in [0, 0.1) is 5.92 Å². The maximum Gasteiger partial charge on any atom is 0.0398 e. The van der Waals surface area contributed by atoms with E-state index in [1.54, 1.807) is 0 Å². The van der Waals surface area contributed by atoms with Gasteiger partial charge in [-0.25, -0.2) is 0 Å². The van der Waals surface area contributed by atoms with E-state index >= 15 is 0 Å². The topological polar surface area (TPSA) is 41.3 Å². The number of nitrogens with one attached hydrogen (secondary N) is 1. The highest BCUT2D eigenvalue weighted by Gasteiger charge is 2.42. The van der Waals surface area contributed by atoms with E-state index in [9.17, 15) is 0 Å². The lowest BCUT2D eigenvalue weighted by atomic mass is 9.71. The lowest BCUT2D eigenvalue weighted by molar-refractivity contribution is 0.0405. The van der Waals surface area contributed by atoms with Crippen LogP contribution in [0.3, 0.4) is 0 Å². The van der Waals surface area contributed by atoms with Gasteiger partial charge in [-0.2, -0.15) is 0 Å². The second kappa shape index (κ2) is 7.03. The van der Waals surface area contributed by atoms with Gasteiger partial charge in [-0.15, -0.1) is 11.3 Å². The highest BCUT2D eigenvalue weighted by molar-refractivity contribution is 7.09. The van der Waals surface area contributed by atoms with E-state index in [0.717, 1.165) is 18.8 Å². The van der Waals surface area contributed by atoms with E-state index < -0.39 is 0 Å². The first-order chi connectivity index (χ1) is 9.58. The minimum absolute atomic E-state index is 0.221. The Morgan fingerprint density at radius 2 is 2.15 bits per heavy atom. The van der Waals surface area contributed by atoms with Crippen LogP contribution in [-0.4, -0.2) is 30.6 Å². The van der Waals surface area contributed by atoms with E-state index in [0.29, 0.717) is 6.04 Å². The molecule has 1 aliphatic rings. The molecule has 20 heavy (non-hydrogen) atoms. The fourth-order valence-electron chi connectivity index (χ4n) is 3.62. The molecule has 1 aromatic heterocycles. The quantitative estimate of drug-likeness (QED) is 0.626. The van der Waals surface area contributed by atoms with Gasteiger partial charge in [0.15, 0.2) is 0 Å². The Kier molecular flexibility index (Phi) is 5.61. The highest BCUT2D eigenvalue weighted by atomic mass is 32.1. The molecule has 1 aromatic rings. The van der Waals surface area contributed by atoms with Gasteiger partial charge in [0.1, 0.15) is 0 Å². The molecule has 114 valence electrons. The van der Waals surface area contributed by atoms with Crippen LogP contribution < -0.4 is 11.3 Å². The summed E-state index contributed by atoms with van der Waals surface area (Å²) < 4.78 is 0. The number of nitrogens with zero attached hydrogens (tertiary/aromatic N) is 1. The van der Waals surface area contributed by atoms with E-state index in [-0.39, 0.29) is 5.54 Å². The van der Waals surface area contributed by atoms with Crippen molar-refractivity contribution in [1.82, 2.24) is 10.3 Å². The van der Waals surface area contributed by atoms with E-state index in [1.165, 1.54) is 30.6 Å². The second-order valence-corrected chi connectivity index (χ2v) is 7.55. The van der Waals surface area contributed by atoms with Crippen molar-refractivity contribution in [3.63, 3.8) is 0 Å². The van der Waals surface area contributed by atoms with Gasteiger partial charge in [0.05, 0.1) is 0 Å². The van der Waals surface area contributed by atoms with E-state index in [4.69, 9.17) is 5.84 Å². The Balaban J connectivity index is 2.05. The van der Waals surface area contributed by atoms with Crippen molar-refractivity contribution in [2.75, 3.05) is 14.1 Å². The normalized spacial score (nSPS) is 28.8. The summed E-state index contributed by atoms with van der Waals surface area (Å²) in [4.78, 5) is 3.88. The molecule has 3 N–H and O–H groups in total. The summed E-state index contributed by atoms with van der Waals surface area (Å²) in [5.41, 5.74) is 3.35. The molecule has 0 spiro atoms. The van der Waals surface area contributed by atoms with Crippen molar-refractivity contribution >= 4 is 11.3 Å². The molecule has 0 aliphatic heterocycles. The Labute approximate surface area is 127 Å². The van der Waals surface area contributed by atoms with Crippen LogP contribution in [0.15, 0.2) is 17.5 Å². The smallest absolute Gasteiger partial charge is 0.0398 e. The molecule has 3 nitrogen and oxygen atoms in total. The standard InChI is InChI=1S/C16H29N3S/c1-13-8-10-16(11-9-13,19(2)3)15(18-17)7-6-14-5-4-12-20-14/h4-5,12-13,15,18H,6-11,17H2,1-3H3. The summed E-state index contributed by atoms with van der Waals surface area (Å²) >= 11 is 1.85. The van der Waals surface area contributed by atoms with Crippen LogP contribution in [0.1, 0.15) is 43.9 Å². The number of hydrogen-bond donors (Lipinski definition) is 2. The van der Waals surface area contributed by atoms with Crippen molar-refractivity contribution < 1.29 is 0 Å². The molecule has 4 heteroatoms.